The highest BCUT2D eigenvalue weighted by molar-refractivity contribution is 5.93. The summed E-state index contributed by atoms with van der Waals surface area (Å²) in [5.41, 5.74) is 6.08. The van der Waals surface area contributed by atoms with Crippen molar-refractivity contribution in [2.45, 2.75) is 40.2 Å². The van der Waals surface area contributed by atoms with E-state index in [0.717, 1.165) is 16.9 Å². The second-order valence-electron chi connectivity index (χ2n) is 8.22. The maximum Gasteiger partial charge on any atom is 0.240 e. The van der Waals surface area contributed by atoms with Crippen molar-refractivity contribution >= 4 is 23.7 Å². The molecule has 2 N–H and O–H groups in total. The molecule has 0 aliphatic heterocycles. The number of rotatable bonds is 13. The van der Waals surface area contributed by atoms with Gasteiger partial charge in [-0.05, 0) is 74.4 Å². The minimum Gasteiger partial charge on any atom is -0.494 e. The maximum atomic E-state index is 12.1. The van der Waals surface area contributed by atoms with Gasteiger partial charge in [0.1, 0.15) is 12.4 Å². The maximum absolute atomic E-state index is 12.1. The second kappa shape index (κ2) is 14.3. The number of aryl methyl sites for hydroxylation is 1. The summed E-state index contributed by atoms with van der Waals surface area (Å²) < 4.78 is 17.1. The standard InChI is InChI=1S/C29H33N3O5/c1-4-35-25-12-10-24(11-13-25)31-28(33)15-16-29(34)32-30-19-22-9-14-26(27(18-22)36-5-2)37-20-23-8-6-7-21(3)17-23/h6-14,17-19H,4-5,15-16,20H2,1-3H3,(H,31,33)(H,32,34). The Hall–Kier alpha value is -4.33. The van der Waals surface area contributed by atoms with E-state index in [1.54, 1.807) is 30.3 Å². The molecule has 37 heavy (non-hydrogen) atoms. The van der Waals surface area contributed by atoms with Gasteiger partial charge >= 0.3 is 0 Å². The molecule has 0 atom stereocenters. The first-order valence-corrected chi connectivity index (χ1v) is 12.3. The number of benzene rings is 3. The Morgan fingerprint density at radius 3 is 2.32 bits per heavy atom. The van der Waals surface area contributed by atoms with E-state index in [-0.39, 0.29) is 24.7 Å². The summed E-state index contributed by atoms with van der Waals surface area (Å²) in [5.74, 6) is 1.34. The van der Waals surface area contributed by atoms with Gasteiger partial charge in [0.05, 0.1) is 19.4 Å². The van der Waals surface area contributed by atoms with Crippen molar-refractivity contribution < 1.29 is 23.8 Å². The molecule has 0 saturated carbocycles. The van der Waals surface area contributed by atoms with Gasteiger partial charge in [-0.1, -0.05) is 29.8 Å². The Bertz CT molecular complexity index is 1210. The molecule has 0 unspecified atom stereocenters. The van der Waals surface area contributed by atoms with Crippen LogP contribution in [0.2, 0.25) is 0 Å². The van der Waals surface area contributed by atoms with Gasteiger partial charge in [-0.25, -0.2) is 5.43 Å². The number of nitrogens with one attached hydrogen (secondary N) is 2. The van der Waals surface area contributed by atoms with E-state index in [9.17, 15) is 9.59 Å². The number of hydrogen-bond donors (Lipinski definition) is 2. The van der Waals surface area contributed by atoms with Gasteiger partial charge in [-0.2, -0.15) is 5.10 Å². The summed E-state index contributed by atoms with van der Waals surface area (Å²) in [6.45, 7) is 7.33. The van der Waals surface area contributed by atoms with Crippen molar-refractivity contribution in [3.05, 3.63) is 83.4 Å². The Morgan fingerprint density at radius 1 is 0.838 bits per heavy atom. The lowest BCUT2D eigenvalue weighted by Gasteiger charge is -2.13. The molecule has 0 aliphatic carbocycles. The van der Waals surface area contributed by atoms with Gasteiger partial charge in [0.25, 0.3) is 0 Å². The van der Waals surface area contributed by atoms with E-state index in [2.05, 4.69) is 21.9 Å². The molecule has 8 nitrogen and oxygen atoms in total. The highest BCUT2D eigenvalue weighted by Gasteiger charge is 2.09. The van der Waals surface area contributed by atoms with Crippen LogP contribution >= 0.6 is 0 Å². The second-order valence-corrected chi connectivity index (χ2v) is 8.22. The van der Waals surface area contributed by atoms with E-state index in [1.165, 1.54) is 11.8 Å². The zero-order valence-corrected chi connectivity index (χ0v) is 21.5. The van der Waals surface area contributed by atoms with Crippen molar-refractivity contribution in [1.82, 2.24) is 5.43 Å². The highest BCUT2D eigenvalue weighted by atomic mass is 16.5. The van der Waals surface area contributed by atoms with Crippen molar-refractivity contribution in [2.75, 3.05) is 18.5 Å². The Kier molecular flexibility index (Phi) is 10.5. The third kappa shape index (κ3) is 9.33. The first-order valence-electron chi connectivity index (χ1n) is 12.3. The fourth-order valence-electron chi connectivity index (χ4n) is 3.44. The Balaban J connectivity index is 1.46. The molecule has 0 spiro atoms. The normalized spacial score (nSPS) is 10.7. The molecular weight excluding hydrogens is 470 g/mol. The van der Waals surface area contributed by atoms with Crippen LogP contribution in [-0.2, 0) is 16.2 Å². The molecule has 3 aromatic rings. The number of hydrazone groups is 1. The van der Waals surface area contributed by atoms with Gasteiger partial charge in [-0.3, -0.25) is 9.59 Å². The van der Waals surface area contributed by atoms with Crippen LogP contribution in [0.4, 0.5) is 5.69 Å². The predicted octanol–water partition coefficient (Wildman–Crippen LogP) is 5.24. The third-order valence-corrected chi connectivity index (χ3v) is 5.18. The topological polar surface area (TPSA) is 98.2 Å². The van der Waals surface area contributed by atoms with Gasteiger partial charge < -0.3 is 19.5 Å². The summed E-state index contributed by atoms with van der Waals surface area (Å²) in [5, 5.41) is 6.76. The molecule has 0 aromatic heterocycles. The SMILES string of the molecule is CCOc1ccc(NC(=O)CCC(=O)NN=Cc2ccc(OCc3cccc(C)c3)c(OCC)c2)cc1. The molecule has 0 fully saturated rings. The largest absolute Gasteiger partial charge is 0.494 e. The number of carbonyl (C=O) groups is 2. The number of amides is 2. The zero-order valence-electron chi connectivity index (χ0n) is 21.5. The minimum absolute atomic E-state index is 0.0101. The lowest BCUT2D eigenvalue weighted by atomic mass is 10.1. The van der Waals surface area contributed by atoms with Crippen LogP contribution in [-0.4, -0.2) is 31.2 Å². The van der Waals surface area contributed by atoms with E-state index in [0.29, 0.717) is 37.0 Å². The number of ether oxygens (including phenoxy) is 3. The monoisotopic (exact) mass is 503 g/mol. The molecule has 0 bridgehead atoms. The van der Waals surface area contributed by atoms with Gasteiger partial charge in [-0.15, -0.1) is 0 Å². The lowest BCUT2D eigenvalue weighted by molar-refractivity contribution is -0.124. The molecule has 0 saturated heterocycles. The first kappa shape index (κ1) is 27.3. The minimum atomic E-state index is -0.360. The Morgan fingerprint density at radius 2 is 1.59 bits per heavy atom. The van der Waals surface area contributed by atoms with Gasteiger partial charge in [0.15, 0.2) is 11.5 Å². The lowest BCUT2D eigenvalue weighted by Crippen LogP contribution is -2.20. The molecule has 3 rings (SSSR count). The van der Waals surface area contributed by atoms with E-state index in [1.807, 2.05) is 51.1 Å². The molecule has 3 aromatic carbocycles. The van der Waals surface area contributed by atoms with Crippen LogP contribution < -0.4 is 25.0 Å². The molecule has 8 heteroatoms. The number of carbonyl (C=O) groups excluding carboxylic acids is 2. The molecule has 2 amide bonds. The van der Waals surface area contributed by atoms with E-state index >= 15 is 0 Å². The van der Waals surface area contributed by atoms with Crippen LogP contribution in [0.1, 0.15) is 43.4 Å². The zero-order chi connectivity index (χ0) is 26.5. The highest BCUT2D eigenvalue weighted by Crippen LogP contribution is 2.29. The average Bonchev–Trinajstić information content (AvgIpc) is 2.88. The van der Waals surface area contributed by atoms with E-state index < -0.39 is 0 Å². The van der Waals surface area contributed by atoms with Crippen LogP contribution in [0.15, 0.2) is 71.8 Å². The van der Waals surface area contributed by atoms with Crippen molar-refractivity contribution in [2.24, 2.45) is 5.10 Å². The summed E-state index contributed by atoms with van der Waals surface area (Å²) in [7, 11) is 0. The summed E-state index contributed by atoms with van der Waals surface area (Å²) in [6.07, 6.45) is 1.57. The molecule has 0 heterocycles. The van der Waals surface area contributed by atoms with E-state index in [4.69, 9.17) is 14.2 Å². The van der Waals surface area contributed by atoms with Crippen molar-refractivity contribution in [1.29, 1.82) is 0 Å². The summed E-state index contributed by atoms with van der Waals surface area (Å²) in [4.78, 5) is 24.2. The van der Waals surface area contributed by atoms with Crippen molar-refractivity contribution in [3.8, 4) is 17.2 Å². The molecule has 194 valence electrons. The smallest absolute Gasteiger partial charge is 0.240 e. The van der Waals surface area contributed by atoms with Gasteiger partial charge in [0.2, 0.25) is 11.8 Å². The van der Waals surface area contributed by atoms with Crippen LogP contribution in [0.5, 0.6) is 17.2 Å². The Labute approximate surface area is 217 Å². The fraction of sp³-hybridized carbons (Fsp3) is 0.276. The number of nitrogens with zero attached hydrogens (tertiary/aromatic N) is 1. The summed E-state index contributed by atoms with van der Waals surface area (Å²) in [6, 6.07) is 20.6. The van der Waals surface area contributed by atoms with Crippen LogP contribution in [0.3, 0.4) is 0 Å². The average molecular weight is 504 g/mol. The van der Waals surface area contributed by atoms with Crippen LogP contribution in [0.25, 0.3) is 0 Å². The first-order chi connectivity index (χ1) is 18.0. The quantitative estimate of drug-likeness (QED) is 0.246. The number of hydrogen-bond acceptors (Lipinski definition) is 6. The summed E-state index contributed by atoms with van der Waals surface area (Å²) >= 11 is 0. The molecule has 0 aliphatic rings. The van der Waals surface area contributed by atoms with Crippen molar-refractivity contribution in [3.63, 3.8) is 0 Å². The molecular formula is C29H33N3O5. The van der Waals surface area contributed by atoms with Gasteiger partial charge in [0, 0.05) is 18.5 Å². The number of anilines is 1. The molecule has 0 radical (unpaired) electrons. The fourth-order valence-corrected chi connectivity index (χ4v) is 3.44. The van der Waals surface area contributed by atoms with Crippen LogP contribution in [0, 0.1) is 6.92 Å². The third-order valence-electron chi connectivity index (χ3n) is 5.18. The predicted molar refractivity (Wildman–Crippen MR) is 144 cm³/mol.